The van der Waals surface area contributed by atoms with E-state index in [-0.39, 0.29) is 17.6 Å². The van der Waals surface area contributed by atoms with E-state index in [2.05, 4.69) is 15.8 Å². The molecule has 2 N–H and O–H groups in total. The lowest BCUT2D eigenvalue weighted by Gasteiger charge is -2.13. The maximum atomic E-state index is 12.0. The largest absolute Gasteiger partial charge is 0.361 e. The van der Waals surface area contributed by atoms with Crippen LogP contribution in [0.3, 0.4) is 0 Å². The molecule has 0 fully saturated rings. The van der Waals surface area contributed by atoms with Crippen LogP contribution in [0.4, 0.5) is 16.2 Å². The number of rotatable bonds is 5. The third-order valence-electron chi connectivity index (χ3n) is 3.80. The van der Waals surface area contributed by atoms with Gasteiger partial charge in [-0.15, -0.1) is 0 Å². The first-order chi connectivity index (χ1) is 11.3. The zero-order chi connectivity index (χ0) is 17.9. The number of aromatic nitrogens is 1. The monoisotopic (exact) mass is 332 g/mol. The molecule has 0 saturated heterocycles. The molecule has 8 nitrogen and oxygen atoms in total. The molecule has 0 radical (unpaired) electrons. The molecule has 1 heterocycles. The summed E-state index contributed by atoms with van der Waals surface area (Å²) in [6.07, 6.45) is 0. The number of hydrogen-bond acceptors (Lipinski definition) is 5. The second-order valence-corrected chi connectivity index (χ2v) is 5.73. The van der Waals surface area contributed by atoms with Crippen molar-refractivity contribution in [3.8, 4) is 0 Å². The lowest BCUT2D eigenvalue weighted by molar-refractivity contribution is -0.385. The molecule has 0 spiro atoms. The molecule has 1 aromatic heterocycles. The number of hydrogen-bond donors (Lipinski definition) is 2. The molecule has 0 unspecified atom stereocenters. The number of urea groups is 1. The number of nitro groups is 1. The van der Waals surface area contributed by atoms with E-state index in [1.165, 1.54) is 12.1 Å². The third kappa shape index (κ3) is 3.89. The SMILES string of the molecule is Cc1cc(NC(=O)NC[C@@H](C)c2c(C)noc2C)ccc1[N+](=O)[O-]. The standard InChI is InChI=1S/C16H20N4O4/c1-9-7-13(5-6-14(9)20(22)23)18-16(21)17-8-10(2)15-11(3)19-24-12(15)4/h5-7,10H,8H2,1-4H3,(H2,17,18,21)/t10-/m1/s1. The Bertz CT molecular complexity index is 750. The van der Waals surface area contributed by atoms with Gasteiger partial charge in [0, 0.05) is 35.3 Å². The van der Waals surface area contributed by atoms with Crippen molar-refractivity contribution in [2.75, 3.05) is 11.9 Å². The third-order valence-corrected chi connectivity index (χ3v) is 3.80. The average Bonchev–Trinajstić information content (AvgIpc) is 2.83. The molecule has 0 saturated carbocycles. The van der Waals surface area contributed by atoms with Crippen LogP contribution in [-0.4, -0.2) is 22.7 Å². The Morgan fingerprint density at radius 1 is 1.38 bits per heavy atom. The van der Waals surface area contributed by atoms with Gasteiger partial charge in [-0.1, -0.05) is 12.1 Å². The Kier molecular flexibility index (Phi) is 5.18. The van der Waals surface area contributed by atoms with Gasteiger partial charge in [-0.25, -0.2) is 4.79 Å². The second-order valence-electron chi connectivity index (χ2n) is 5.73. The molecule has 0 aliphatic heterocycles. The van der Waals surface area contributed by atoms with E-state index in [0.29, 0.717) is 17.8 Å². The van der Waals surface area contributed by atoms with Crippen molar-refractivity contribution < 1.29 is 14.2 Å². The zero-order valence-electron chi connectivity index (χ0n) is 14.0. The van der Waals surface area contributed by atoms with Crippen molar-refractivity contribution in [1.82, 2.24) is 10.5 Å². The zero-order valence-corrected chi connectivity index (χ0v) is 14.0. The lowest BCUT2D eigenvalue weighted by Crippen LogP contribution is -2.32. The van der Waals surface area contributed by atoms with Crippen molar-refractivity contribution in [3.63, 3.8) is 0 Å². The molecule has 2 rings (SSSR count). The topological polar surface area (TPSA) is 110 Å². The first-order valence-corrected chi connectivity index (χ1v) is 7.52. The number of carbonyl (C=O) groups is 1. The van der Waals surface area contributed by atoms with Crippen LogP contribution in [0.25, 0.3) is 0 Å². The lowest BCUT2D eigenvalue weighted by atomic mass is 10.00. The molecular weight excluding hydrogens is 312 g/mol. The van der Waals surface area contributed by atoms with E-state index in [9.17, 15) is 14.9 Å². The maximum Gasteiger partial charge on any atom is 0.319 e. The minimum Gasteiger partial charge on any atom is -0.361 e. The fraction of sp³-hybridized carbons (Fsp3) is 0.375. The van der Waals surface area contributed by atoms with Gasteiger partial charge in [0.15, 0.2) is 0 Å². The molecule has 24 heavy (non-hydrogen) atoms. The van der Waals surface area contributed by atoms with Gasteiger partial charge in [0.25, 0.3) is 5.69 Å². The number of aryl methyl sites for hydroxylation is 3. The highest BCUT2D eigenvalue weighted by molar-refractivity contribution is 5.89. The molecule has 1 aromatic carbocycles. The number of carbonyl (C=O) groups excluding carboxylic acids is 1. The average molecular weight is 332 g/mol. The van der Waals surface area contributed by atoms with Crippen LogP contribution in [-0.2, 0) is 0 Å². The number of nitrogens with one attached hydrogen (secondary N) is 2. The summed E-state index contributed by atoms with van der Waals surface area (Å²) in [7, 11) is 0. The van der Waals surface area contributed by atoms with Crippen molar-refractivity contribution in [3.05, 3.63) is 50.9 Å². The van der Waals surface area contributed by atoms with Crippen molar-refractivity contribution in [1.29, 1.82) is 0 Å². The first kappa shape index (κ1) is 17.5. The van der Waals surface area contributed by atoms with Gasteiger partial charge >= 0.3 is 6.03 Å². The summed E-state index contributed by atoms with van der Waals surface area (Å²) in [6, 6.07) is 4.07. The van der Waals surface area contributed by atoms with Gasteiger partial charge in [-0.05, 0) is 32.9 Å². The highest BCUT2D eigenvalue weighted by atomic mass is 16.6. The molecule has 0 aliphatic rings. The molecule has 1 atom stereocenters. The Morgan fingerprint density at radius 3 is 2.62 bits per heavy atom. The van der Waals surface area contributed by atoms with E-state index >= 15 is 0 Å². The van der Waals surface area contributed by atoms with Gasteiger partial charge in [-0.3, -0.25) is 10.1 Å². The Morgan fingerprint density at radius 2 is 2.08 bits per heavy atom. The normalized spacial score (nSPS) is 11.8. The highest BCUT2D eigenvalue weighted by Crippen LogP contribution is 2.23. The van der Waals surface area contributed by atoms with Gasteiger partial charge in [0.1, 0.15) is 5.76 Å². The number of benzene rings is 1. The predicted molar refractivity (Wildman–Crippen MR) is 89.2 cm³/mol. The molecule has 0 aliphatic carbocycles. The summed E-state index contributed by atoms with van der Waals surface area (Å²) >= 11 is 0. The summed E-state index contributed by atoms with van der Waals surface area (Å²) in [5.41, 5.74) is 2.81. The fourth-order valence-corrected chi connectivity index (χ4v) is 2.65. The first-order valence-electron chi connectivity index (χ1n) is 7.52. The highest BCUT2D eigenvalue weighted by Gasteiger charge is 2.17. The minimum absolute atomic E-state index is 0.0213. The molecule has 128 valence electrons. The van der Waals surface area contributed by atoms with Crippen LogP contribution in [0.15, 0.2) is 22.7 Å². The Hall–Kier alpha value is -2.90. The van der Waals surface area contributed by atoms with Crippen molar-refractivity contribution >= 4 is 17.4 Å². The summed E-state index contributed by atoms with van der Waals surface area (Å²) in [6.45, 7) is 7.72. The van der Waals surface area contributed by atoms with Gasteiger partial charge in [0.05, 0.1) is 10.6 Å². The Labute approximate surface area is 139 Å². The van der Waals surface area contributed by atoms with Crippen LogP contribution < -0.4 is 10.6 Å². The van der Waals surface area contributed by atoms with E-state index in [0.717, 1.165) is 17.0 Å². The van der Waals surface area contributed by atoms with Gasteiger partial charge < -0.3 is 15.2 Å². The molecule has 0 bridgehead atoms. The molecular formula is C16H20N4O4. The summed E-state index contributed by atoms with van der Waals surface area (Å²) < 4.78 is 5.13. The number of amides is 2. The van der Waals surface area contributed by atoms with Crippen molar-refractivity contribution in [2.24, 2.45) is 0 Å². The van der Waals surface area contributed by atoms with E-state index in [1.807, 2.05) is 20.8 Å². The minimum atomic E-state index is -0.454. The molecule has 2 aromatic rings. The molecule has 8 heteroatoms. The smallest absolute Gasteiger partial charge is 0.319 e. The van der Waals surface area contributed by atoms with Crippen LogP contribution in [0.1, 0.15) is 35.4 Å². The number of nitro benzene ring substituents is 1. The van der Waals surface area contributed by atoms with Crippen LogP contribution in [0.5, 0.6) is 0 Å². The molecule has 2 amide bonds. The van der Waals surface area contributed by atoms with Crippen LogP contribution in [0.2, 0.25) is 0 Å². The van der Waals surface area contributed by atoms with Crippen molar-refractivity contribution in [2.45, 2.75) is 33.6 Å². The fourth-order valence-electron chi connectivity index (χ4n) is 2.65. The van der Waals surface area contributed by atoms with E-state index in [4.69, 9.17) is 4.52 Å². The second kappa shape index (κ2) is 7.12. The Balaban J connectivity index is 1.94. The summed E-state index contributed by atoms with van der Waals surface area (Å²) in [5, 5.41) is 20.1. The summed E-state index contributed by atoms with van der Waals surface area (Å²) in [4.78, 5) is 22.3. The van der Waals surface area contributed by atoms with E-state index in [1.54, 1.807) is 13.0 Å². The number of anilines is 1. The number of nitrogens with zero attached hydrogens (tertiary/aromatic N) is 2. The van der Waals surface area contributed by atoms with Crippen LogP contribution >= 0.6 is 0 Å². The van der Waals surface area contributed by atoms with Crippen LogP contribution in [0, 0.1) is 30.9 Å². The predicted octanol–water partition coefficient (Wildman–Crippen LogP) is 3.43. The van der Waals surface area contributed by atoms with E-state index < -0.39 is 4.92 Å². The quantitative estimate of drug-likeness (QED) is 0.643. The summed E-state index contributed by atoms with van der Waals surface area (Å²) in [5.74, 6) is 0.800. The van der Waals surface area contributed by atoms with Gasteiger partial charge in [0.2, 0.25) is 0 Å². The van der Waals surface area contributed by atoms with Gasteiger partial charge in [-0.2, -0.15) is 0 Å². The maximum absolute atomic E-state index is 12.0.